The summed E-state index contributed by atoms with van der Waals surface area (Å²) in [5.74, 6) is 0.659. The lowest BCUT2D eigenvalue weighted by atomic mass is 9.92. The van der Waals surface area contributed by atoms with Gasteiger partial charge in [0.2, 0.25) is 0 Å². The molecule has 0 saturated carbocycles. The highest BCUT2D eigenvalue weighted by molar-refractivity contribution is 5.14. The van der Waals surface area contributed by atoms with Gasteiger partial charge < -0.3 is 5.32 Å². The van der Waals surface area contributed by atoms with Gasteiger partial charge in [0, 0.05) is 18.4 Å². The van der Waals surface area contributed by atoms with Crippen LogP contribution < -0.4 is 5.32 Å². The molecule has 88 valence electrons. The summed E-state index contributed by atoms with van der Waals surface area (Å²) in [7, 11) is 0. The zero-order chi connectivity index (χ0) is 11.2. The number of hydrogen-bond acceptors (Lipinski definition) is 2. The van der Waals surface area contributed by atoms with Crippen molar-refractivity contribution < 1.29 is 0 Å². The zero-order valence-electron chi connectivity index (χ0n) is 10.2. The van der Waals surface area contributed by atoms with E-state index in [-0.39, 0.29) is 0 Å². The molecular weight excluding hydrogens is 196 g/mol. The zero-order valence-corrected chi connectivity index (χ0v) is 10.2. The molecule has 1 aromatic heterocycles. The van der Waals surface area contributed by atoms with Crippen molar-refractivity contribution >= 4 is 0 Å². The molecule has 0 radical (unpaired) electrons. The normalized spacial score (nSPS) is 22.9. The lowest BCUT2D eigenvalue weighted by Gasteiger charge is -2.24. The summed E-state index contributed by atoms with van der Waals surface area (Å²) < 4.78 is 0. The second kappa shape index (κ2) is 6.00. The van der Waals surface area contributed by atoms with Crippen LogP contribution in [0.4, 0.5) is 0 Å². The van der Waals surface area contributed by atoms with Crippen LogP contribution in [0.3, 0.4) is 0 Å². The van der Waals surface area contributed by atoms with E-state index < -0.39 is 0 Å². The number of piperidine rings is 1. The van der Waals surface area contributed by atoms with E-state index in [1.165, 1.54) is 44.2 Å². The molecule has 2 heterocycles. The fraction of sp³-hybridized carbons (Fsp3) is 0.643. The van der Waals surface area contributed by atoms with Crippen molar-refractivity contribution in [2.45, 2.75) is 51.0 Å². The minimum Gasteiger partial charge on any atom is -0.314 e. The quantitative estimate of drug-likeness (QED) is 0.840. The summed E-state index contributed by atoms with van der Waals surface area (Å²) in [5, 5.41) is 3.61. The Bertz CT molecular complexity index is 291. The Labute approximate surface area is 98.5 Å². The first kappa shape index (κ1) is 11.6. The Kier molecular flexibility index (Phi) is 4.34. The van der Waals surface area contributed by atoms with Crippen molar-refractivity contribution in [1.29, 1.82) is 0 Å². The van der Waals surface area contributed by atoms with Crippen LogP contribution in [0, 0.1) is 0 Å². The van der Waals surface area contributed by atoms with Crippen molar-refractivity contribution in [3.63, 3.8) is 0 Å². The third-order valence-electron chi connectivity index (χ3n) is 3.64. The van der Waals surface area contributed by atoms with E-state index in [4.69, 9.17) is 0 Å². The summed E-state index contributed by atoms with van der Waals surface area (Å²) in [6.45, 7) is 3.53. The maximum absolute atomic E-state index is 4.07. The summed E-state index contributed by atoms with van der Waals surface area (Å²) in [5.41, 5.74) is 1.42. The van der Waals surface area contributed by atoms with Gasteiger partial charge in [-0.15, -0.1) is 0 Å². The van der Waals surface area contributed by atoms with Gasteiger partial charge in [-0.3, -0.25) is 4.98 Å². The van der Waals surface area contributed by atoms with Crippen molar-refractivity contribution in [3.8, 4) is 0 Å². The summed E-state index contributed by atoms with van der Waals surface area (Å²) >= 11 is 0. The first-order chi connectivity index (χ1) is 7.86. The van der Waals surface area contributed by atoms with Crippen LogP contribution in [0.15, 0.2) is 24.5 Å². The average Bonchev–Trinajstić information content (AvgIpc) is 2.38. The Morgan fingerprint density at radius 3 is 2.88 bits per heavy atom. The van der Waals surface area contributed by atoms with Gasteiger partial charge in [0.15, 0.2) is 0 Å². The van der Waals surface area contributed by atoms with E-state index in [2.05, 4.69) is 29.4 Å². The Morgan fingerprint density at radius 2 is 2.19 bits per heavy atom. The third kappa shape index (κ3) is 3.31. The monoisotopic (exact) mass is 218 g/mol. The maximum Gasteiger partial charge on any atom is 0.0270 e. The fourth-order valence-corrected chi connectivity index (χ4v) is 2.48. The summed E-state index contributed by atoms with van der Waals surface area (Å²) in [6, 6.07) is 5.04. The number of nitrogens with zero attached hydrogens (tertiary/aromatic N) is 1. The standard InChI is InChI=1S/C14H22N2/c1-12(13-7-10-15-11-8-13)5-6-14-4-2-3-9-16-14/h7-8,10-12,14,16H,2-6,9H2,1H3/t12-,14-/m0/s1. The highest BCUT2D eigenvalue weighted by atomic mass is 14.9. The van der Waals surface area contributed by atoms with Crippen molar-refractivity contribution in [1.82, 2.24) is 10.3 Å². The number of pyridine rings is 1. The van der Waals surface area contributed by atoms with Crippen molar-refractivity contribution in [3.05, 3.63) is 30.1 Å². The first-order valence-electron chi connectivity index (χ1n) is 6.49. The Hall–Kier alpha value is -0.890. The molecule has 0 bridgehead atoms. The number of aromatic nitrogens is 1. The second-order valence-corrected chi connectivity index (χ2v) is 4.91. The minimum absolute atomic E-state index is 0.659. The molecule has 2 nitrogen and oxygen atoms in total. The number of nitrogens with one attached hydrogen (secondary N) is 1. The van der Waals surface area contributed by atoms with Gasteiger partial charge in [-0.1, -0.05) is 13.3 Å². The predicted octanol–water partition coefficient (Wildman–Crippen LogP) is 3.11. The highest BCUT2D eigenvalue weighted by Crippen LogP contribution is 2.22. The first-order valence-corrected chi connectivity index (χ1v) is 6.49. The third-order valence-corrected chi connectivity index (χ3v) is 3.64. The van der Waals surface area contributed by atoms with E-state index in [1.807, 2.05) is 12.4 Å². The molecule has 1 fully saturated rings. The molecule has 16 heavy (non-hydrogen) atoms. The smallest absolute Gasteiger partial charge is 0.0270 e. The van der Waals surface area contributed by atoms with E-state index in [1.54, 1.807) is 0 Å². The van der Waals surface area contributed by atoms with Gasteiger partial charge in [-0.2, -0.15) is 0 Å². The molecule has 0 amide bonds. The SMILES string of the molecule is C[C@@H](CC[C@@H]1CCCCN1)c1ccncc1. The molecule has 2 rings (SSSR count). The van der Waals surface area contributed by atoms with E-state index in [0.717, 1.165) is 6.04 Å². The predicted molar refractivity (Wildman–Crippen MR) is 67.5 cm³/mol. The van der Waals surface area contributed by atoms with E-state index >= 15 is 0 Å². The lowest BCUT2D eigenvalue weighted by Crippen LogP contribution is -2.34. The van der Waals surface area contributed by atoms with Gasteiger partial charge >= 0.3 is 0 Å². The van der Waals surface area contributed by atoms with Crippen LogP contribution in [0.2, 0.25) is 0 Å². The van der Waals surface area contributed by atoms with Crippen molar-refractivity contribution in [2.75, 3.05) is 6.54 Å². The maximum atomic E-state index is 4.07. The molecule has 2 heteroatoms. The molecule has 1 N–H and O–H groups in total. The van der Waals surface area contributed by atoms with E-state index in [9.17, 15) is 0 Å². The van der Waals surface area contributed by atoms with Gasteiger partial charge in [0.25, 0.3) is 0 Å². The fourth-order valence-electron chi connectivity index (χ4n) is 2.48. The topological polar surface area (TPSA) is 24.9 Å². The number of rotatable bonds is 4. The molecular formula is C14H22N2. The van der Waals surface area contributed by atoms with Crippen LogP contribution in [-0.4, -0.2) is 17.6 Å². The van der Waals surface area contributed by atoms with Crippen molar-refractivity contribution in [2.24, 2.45) is 0 Å². The lowest BCUT2D eigenvalue weighted by molar-refractivity contribution is 0.368. The second-order valence-electron chi connectivity index (χ2n) is 4.91. The highest BCUT2D eigenvalue weighted by Gasteiger charge is 2.14. The molecule has 0 aliphatic carbocycles. The average molecular weight is 218 g/mol. The molecule has 1 aliphatic heterocycles. The molecule has 1 saturated heterocycles. The summed E-state index contributed by atoms with van der Waals surface area (Å²) in [6.07, 6.45) is 10.5. The molecule has 0 aromatic carbocycles. The van der Waals surface area contributed by atoms with Crippen LogP contribution in [-0.2, 0) is 0 Å². The number of hydrogen-bond donors (Lipinski definition) is 1. The van der Waals surface area contributed by atoms with Gasteiger partial charge in [-0.25, -0.2) is 0 Å². The van der Waals surface area contributed by atoms with Crippen LogP contribution in [0.25, 0.3) is 0 Å². The van der Waals surface area contributed by atoms with Crippen LogP contribution in [0.1, 0.15) is 50.5 Å². The minimum atomic E-state index is 0.659. The Morgan fingerprint density at radius 1 is 1.38 bits per heavy atom. The van der Waals surface area contributed by atoms with Gasteiger partial charge in [0.05, 0.1) is 0 Å². The van der Waals surface area contributed by atoms with E-state index in [0.29, 0.717) is 5.92 Å². The molecule has 1 aliphatic rings. The van der Waals surface area contributed by atoms with Gasteiger partial charge in [-0.05, 0) is 55.8 Å². The van der Waals surface area contributed by atoms with Gasteiger partial charge in [0.1, 0.15) is 0 Å². The van der Waals surface area contributed by atoms with Crippen LogP contribution in [0.5, 0.6) is 0 Å². The Balaban J connectivity index is 1.77. The molecule has 1 aromatic rings. The molecule has 0 unspecified atom stereocenters. The molecule has 2 atom stereocenters. The molecule has 0 spiro atoms. The van der Waals surface area contributed by atoms with Crippen LogP contribution >= 0.6 is 0 Å². The summed E-state index contributed by atoms with van der Waals surface area (Å²) in [4.78, 5) is 4.07. The largest absolute Gasteiger partial charge is 0.314 e.